The van der Waals surface area contributed by atoms with E-state index in [4.69, 9.17) is 9.47 Å². The van der Waals surface area contributed by atoms with Gasteiger partial charge in [0, 0.05) is 30.0 Å². The SMILES string of the molecule is COCCc1nsc(Oc2ccc(SC)cc2)n1. The Bertz CT molecular complexity index is 485. The standard InChI is InChI=1S/C12H14N2O2S2/c1-15-8-7-11-13-12(18-14-11)16-9-3-5-10(17-2)6-4-9/h3-6H,7-8H2,1-2H3. The maximum absolute atomic E-state index is 5.63. The van der Waals surface area contributed by atoms with Crippen molar-refractivity contribution in [1.29, 1.82) is 0 Å². The fraction of sp³-hybridized carbons (Fsp3) is 0.333. The number of rotatable bonds is 6. The molecule has 0 bridgehead atoms. The van der Waals surface area contributed by atoms with Gasteiger partial charge >= 0.3 is 0 Å². The Morgan fingerprint density at radius 2 is 2.06 bits per heavy atom. The number of aromatic nitrogens is 2. The predicted molar refractivity (Wildman–Crippen MR) is 73.8 cm³/mol. The van der Waals surface area contributed by atoms with E-state index in [1.54, 1.807) is 18.9 Å². The van der Waals surface area contributed by atoms with E-state index >= 15 is 0 Å². The molecule has 4 nitrogen and oxygen atoms in total. The molecule has 0 saturated carbocycles. The van der Waals surface area contributed by atoms with E-state index in [2.05, 4.69) is 9.36 Å². The lowest BCUT2D eigenvalue weighted by Crippen LogP contribution is -1.96. The molecule has 6 heteroatoms. The van der Waals surface area contributed by atoms with Crippen molar-refractivity contribution < 1.29 is 9.47 Å². The van der Waals surface area contributed by atoms with Crippen molar-refractivity contribution in [2.24, 2.45) is 0 Å². The van der Waals surface area contributed by atoms with Crippen LogP contribution in [0.5, 0.6) is 10.9 Å². The smallest absolute Gasteiger partial charge is 0.298 e. The number of ether oxygens (including phenoxy) is 2. The monoisotopic (exact) mass is 282 g/mol. The van der Waals surface area contributed by atoms with Crippen LogP contribution in [0.4, 0.5) is 0 Å². The number of benzene rings is 1. The van der Waals surface area contributed by atoms with Crippen LogP contribution in [0.25, 0.3) is 0 Å². The second kappa shape index (κ2) is 6.72. The van der Waals surface area contributed by atoms with E-state index < -0.39 is 0 Å². The summed E-state index contributed by atoms with van der Waals surface area (Å²) in [6, 6.07) is 7.91. The number of hydrogen-bond acceptors (Lipinski definition) is 6. The fourth-order valence-corrected chi connectivity index (χ4v) is 2.32. The van der Waals surface area contributed by atoms with E-state index in [1.165, 1.54) is 16.4 Å². The van der Waals surface area contributed by atoms with Gasteiger partial charge in [0.05, 0.1) is 6.61 Å². The molecule has 0 saturated heterocycles. The maximum atomic E-state index is 5.63. The van der Waals surface area contributed by atoms with Crippen molar-refractivity contribution in [1.82, 2.24) is 9.36 Å². The Labute approximate surface area is 115 Å². The molecule has 18 heavy (non-hydrogen) atoms. The van der Waals surface area contributed by atoms with Gasteiger partial charge in [0.25, 0.3) is 5.19 Å². The summed E-state index contributed by atoms with van der Waals surface area (Å²) >= 11 is 2.96. The van der Waals surface area contributed by atoms with E-state index in [1.807, 2.05) is 30.5 Å². The number of thioether (sulfide) groups is 1. The summed E-state index contributed by atoms with van der Waals surface area (Å²) in [7, 11) is 1.66. The van der Waals surface area contributed by atoms with Crippen LogP contribution in [0.1, 0.15) is 5.82 Å². The van der Waals surface area contributed by atoms with Gasteiger partial charge < -0.3 is 9.47 Å². The minimum Gasteiger partial charge on any atom is -0.430 e. The second-order valence-electron chi connectivity index (χ2n) is 3.50. The first-order chi connectivity index (χ1) is 8.81. The van der Waals surface area contributed by atoms with Gasteiger partial charge in [-0.15, -0.1) is 11.8 Å². The second-order valence-corrected chi connectivity index (χ2v) is 5.09. The van der Waals surface area contributed by atoms with Gasteiger partial charge in [-0.2, -0.15) is 9.36 Å². The molecular weight excluding hydrogens is 268 g/mol. The van der Waals surface area contributed by atoms with Crippen molar-refractivity contribution in [3.8, 4) is 10.9 Å². The number of hydrogen-bond donors (Lipinski definition) is 0. The van der Waals surface area contributed by atoms with Gasteiger partial charge in [-0.1, -0.05) is 0 Å². The van der Waals surface area contributed by atoms with Gasteiger partial charge in [0.2, 0.25) is 0 Å². The summed E-state index contributed by atoms with van der Waals surface area (Å²) in [5.74, 6) is 1.54. The largest absolute Gasteiger partial charge is 0.430 e. The molecule has 2 rings (SSSR count). The summed E-state index contributed by atoms with van der Waals surface area (Å²) in [4.78, 5) is 5.49. The van der Waals surface area contributed by atoms with Crippen LogP contribution in [-0.2, 0) is 11.2 Å². The third-order valence-corrected chi connectivity index (χ3v) is 3.62. The van der Waals surface area contributed by atoms with E-state index in [0.29, 0.717) is 18.2 Å². The Hall–Kier alpha value is -1.11. The average molecular weight is 282 g/mol. The number of nitrogens with zero attached hydrogens (tertiary/aromatic N) is 2. The highest BCUT2D eigenvalue weighted by atomic mass is 32.2. The molecule has 2 aromatic rings. The van der Waals surface area contributed by atoms with Crippen molar-refractivity contribution >= 4 is 23.3 Å². The molecule has 1 aromatic carbocycles. The first kappa shape index (κ1) is 13.3. The molecule has 0 aliphatic heterocycles. The number of methoxy groups -OCH3 is 1. The van der Waals surface area contributed by atoms with Crippen LogP contribution >= 0.6 is 23.3 Å². The lowest BCUT2D eigenvalue weighted by molar-refractivity contribution is 0.200. The third kappa shape index (κ3) is 3.69. The first-order valence-electron chi connectivity index (χ1n) is 5.45. The van der Waals surface area contributed by atoms with Gasteiger partial charge in [-0.3, -0.25) is 0 Å². The zero-order valence-corrected chi connectivity index (χ0v) is 11.9. The fourth-order valence-electron chi connectivity index (χ4n) is 1.32. The zero-order valence-electron chi connectivity index (χ0n) is 10.3. The molecule has 0 atom stereocenters. The van der Waals surface area contributed by atoms with E-state index in [0.717, 1.165) is 11.6 Å². The Balaban J connectivity index is 1.97. The van der Waals surface area contributed by atoms with Gasteiger partial charge in [0.1, 0.15) is 11.6 Å². The summed E-state index contributed by atoms with van der Waals surface area (Å²) in [6.07, 6.45) is 2.75. The van der Waals surface area contributed by atoms with Crippen molar-refractivity contribution in [3.63, 3.8) is 0 Å². The Kier molecular flexibility index (Phi) is 4.98. The lowest BCUT2D eigenvalue weighted by Gasteiger charge is -2.01. The first-order valence-corrected chi connectivity index (χ1v) is 7.45. The van der Waals surface area contributed by atoms with Gasteiger partial charge in [0.15, 0.2) is 0 Å². The van der Waals surface area contributed by atoms with E-state index in [-0.39, 0.29) is 0 Å². The molecule has 0 aliphatic rings. The van der Waals surface area contributed by atoms with Crippen LogP contribution in [0, 0.1) is 0 Å². The summed E-state index contributed by atoms with van der Waals surface area (Å²) in [5, 5.41) is 0.568. The van der Waals surface area contributed by atoms with Crippen molar-refractivity contribution in [2.75, 3.05) is 20.0 Å². The third-order valence-electron chi connectivity index (χ3n) is 2.24. The quantitative estimate of drug-likeness (QED) is 0.761. The molecule has 0 fully saturated rings. The topological polar surface area (TPSA) is 44.2 Å². The minimum atomic E-state index is 0.568. The van der Waals surface area contributed by atoms with Crippen LogP contribution in [0.15, 0.2) is 29.2 Å². The molecule has 96 valence electrons. The molecule has 0 unspecified atom stereocenters. The Morgan fingerprint density at radius 3 is 2.72 bits per heavy atom. The molecule has 0 N–H and O–H groups in total. The molecule has 1 heterocycles. The molecule has 0 amide bonds. The van der Waals surface area contributed by atoms with Crippen LogP contribution < -0.4 is 4.74 Å². The van der Waals surface area contributed by atoms with Gasteiger partial charge in [-0.25, -0.2) is 0 Å². The normalized spacial score (nSPS) is 10.6. The van der Waals surface area contributed by atoms with E-state index in [9.17, 15) is 0 Å². The van der Waals surface area contributed by atoms with Crippen LogP contribution in [-0.4, -0.2) is 29.3 Å². The highest BCUT2D eigenvalue weighted by Gasteiger charge is 2.06. The summed E-state index contributed by atoms with van der Waals surface area (Å²) in [5.41, 5.74) is 0. The Morgan fingerprint density at radius 1 is 1.28 bits per heavy atom. The average Bonchev–Trinajstić information content (AvgIpc) is 2.85. The molecular formula is C12H14N2O2S2. The summed E-state index contributed by atoms with van der Waals surface area (Å²) < 4.78 is 14.8. The van der Waals surface area contributed by atoms with Crippen LogP contribution in [0.2, 0.25) is 0 Å². The lowest BCUT2D eigenvalue weighted by atomic mass is 10.3. The molecule has 0 radical (unpaired) electrons. The van der Waals surface area contributed by atoms with Crippen LogP contribution in [0.3, 0.4) is 0 Å². The highest BCUT2D eigenvalue weighted by molar-refractivity contribution is 7.98. The maximum Gasteiger partial charge on any atom is 0.298 e. The van der Waals surface area contributed by atoms with Crippen molar-refractivity contribution in [2.45, 2.75) is 11.3 Å². The molecule has 0 spiro atoms. The highest BCUT2D eigenvalue weighted by Crippen LogP contribution is 2.25. The predicted octanol–water partition coefficient (Wildman–Crippen LogP) is 3.24. The minimum absolute atomic E-state index is 0.568. The van der Waals surface area contributed by atoms with Crippen molar-refractivity contribution in [3.05, 3.63) is 30.1 Å². The van der Waals surface area contributed by atoms with Gasteiger partial charge in [-0.05, 0) is 30.5 Å². The summed E-state index contributed by atoms with van der Waals surface area (Å²) in [6.45, 7) is 0.624. The molecule has 1 aromatic heterocycles. The molecule has 0 aliphatic carbocycles. The zero-order chi connectivity index (χ0) is 12.8.